The van der Waals surface area contributed by atoms with E-state index in [-0.39, 0.29) is 17.2 Å². The van der Waals surface area contributed by atoms with E-state index in [2.05, 4.69) is 23.3 Å². The number of aromatic nitrogens is 2. The summed E-state index contributed by atoms with van der Waals surface area (Å²) in [5.41, 5.74) is 2.04. The number of amides is 1. The number of nitrogens with zero attached hydrogens (tertiary/aromatic N) is 3. The van der Waals surface area contributed by atoms with Crippen molar-refractivity contribution in [3.8, 4) is 0 Å². The quantitative estimate of drug-likeness (QED) is 0.528. The number of fused-ring (bicyclic) bond motifs is 1. The Labute approximate surface area is 168 Å². The van der Waals surface area contributed by atoms with Gasteiger partial charge < -0.3 is 4.90 Å². The van der Waals surface area contributed by atoms with Gasteiger partial charge in [0, 0.05) is 19.7 Å². The Balaban J connectivity index is 1.57. The highest BCUT2D eigenvalue weighted by atomic mass is 16.2. The summed E-state index contributed by atoms with van der Waals surface area (Å²) in [6, 6.07) is 26.7. The molecule has 144 valence electrons. The third-order valence-electron chi connectivity index (χ3n) is 4.90. The van der Waals surface area contributed by atoms with Crippen molar-refractivity contribution in [2.45, 2.75) is 13.1 Å². The average Bonchev–Trinajstić information content (AvgIpc) is 2.76. The largest absolute Gasteiger partial charge is 0.336 e. The van der Waals surface area contributed by atoms with Crippen molar-refractivity contribution in [2.75, 3.05) is 7.05 Å². The van der Waals surface area contributed by atoms with Gasteiger partial charge >= 0.3 is 0 Å². The van der Waals surface area contributed by atoms with Crippen LogP contribution in [-0.2, 0) is 13.1 Å². The second kappa shape index (κ2) is 8.10. The predicted molar refractivity (Wildman–Crippen MR) is 114 cm³/mol. The molecular formula is C24H21N3O2. The van der Waals surface area contributed by atoms with Crippen LogP contribution in [0, 0.1) is 0 Å². The standard InChI is InChI=1S/C24H21N3O2/c1-26(17-20-12-7-11-19-10-5-6-13-21(19)20)24(29)22-14-15-23(28)27(25-22)16-18-8-3-2-4-9-18/h2-15H,16-17H2,1H3. The maximum absolute atomic E-state index is 12.9. The Morgan fingerprint density at radius 3 is 2.45 bits per heavy atom. The minimum Gasteiger partial charge on any atom is -0.336 e. The first-order valence-electron chi connectivity index (χ1n) is 9.46. The summed E-state index contributed by atoms with van der Waals surface area (Å²) in [5.74, 6) is -0.222. The van der Waals surface area contributed by atoms with E-state index < -0.39 is 0 Å². The molecule has 4 rings (SSSR count). The Kier molecular flexibility index (Phi) is 5.20. The van der Waals surface area contributed by atoms with Crippen LogP contribution in [0.1, 0.15) is 21.6 Å². The van der Waals surface area contributed by atoms with Gasteiger partial charge in [0.05, 0.1) is 6.54 Å². The van der Waals surface area contributed by atoms with Crippen LogP contribution in [0.5, 0.6) is 0 Å². The molecular weight excluding hydrogens is 362 g/mol. The van der Waals surface area contributed by atoms with E-state index >= 15 is 0 Å². The molecule has 0 bridgehead atoms. The first kappa shape index (κ1) is 18.6. The van der Waals surface area contributed by atoms with Crippen molar-refractivity contribution < 1.29 is 4.79 Å². The smallest absolute Gasteiger partial charge is 0.274 e. The first-order valence-corrected chi connectivity index (χ1v) is 9.46. The molecule has 0 unspecified atom stereocenters. The second-order valence-electron chi connectivity index (χ2n) is 7.00. The minimum atomic E-state index is -0.234. The topological polar surface area (TPSA) is 55.2 Å². The lowest BCUT2D eigenvalue weighted by Gasteiger charge is -2.18. The lowest BCUT2D eigenvalue weighted by Crippen LogP contribution is -2.31. The fourth-order valence-electron chi connectivity index (χ4n) is 3.39. The number of carbonyl (C=O) groups excluding carboxylic acids is 1. The van der Waals surface area contributed by atoms with E-state index in [0.717, 1.165) is 21.9 Å². The number of rotatable bonds is 5. The number of hydrogen-bond acceptors (Lipinski definition) is 3. The number of benzene rings is 3. The van der Waals surface area contributed by atoms with Gasteiger partial charge in [0.2, 0.25) is 0 Å². The minimum absolute atomic E-state index is 0.222. The summed E-state index contributed by atoms with van der Waals surface area (Å²) >= 11 is 0. The molecule has 1 aromatic heterocycles. The molecule has 0 aliphatic heterocycles. The van der Waals surface area contributed by atoms with E-state index in [1.54, 1.807) is 11.9 Å². The third kappa shape index (κ3) is 4.09. The van der Waals surface area contributed by atoms with Crippen LogP contribution in [0.2, 0.25) is 0 Å². The molecule has 0 saturated heterocycles. The molecule has 0 fully saturated rings. The highest BCUT2D eigenvalue weighted by Gasteiger charge is 2.16. The molecule has 0 aliphatic carbocycles. The van der Waals surface area contributed by atoms with E-state index in [1.165, 1.54) is 16.8 Å². The van der Waals surface area contributed by atoms with Gasteiger partial charge in [-0.25, -0.2) is 4.68 Å². The molecule has 5 heteroatoms. The lowest BCUT2D eigenvalue weighted by atomic mass is 10.0. The molecule has 0 saturated carbocycles. The molecule has 4 aromatic rings. The van der Waals surface area contributed by atoms with Crippen LogP contribution in [0.25, 0.3) is 10.8 Å². The van der Waals surface area contributed by atoms with E-state index in [1.807, 2.05) is 54.6 Å². The van der Waals surface area contributed by atoms with Crippen molar-refractivity contribution in [1.82, 2.24) is 14.7 Å². The Hall–Kier alpha value is -3.73. The summed E-state index contributed by atoms with van der Waals surface area (Å²) < 4.78 is 1.33. The van der Waals surface area contributed by atoms with Crippen LogP contribution < -0.4 is 5.56 Å². The molecule has 1 amide bonds. The first-order chi connectivity index (χ1) is 14.1. The van der Waals surface area contributed by atoms with Crippen LogP contribution in [-0.4, -0.2) is 27.6 Å². The summed E-state index contributed by atoms with van der Waals surface area (Å²) in [4.78, 5) is 26.8. The van der Waals surface area contributed by atoms with Crippen molar-refractivity contribution >= 4 is 16.7 Å². The molecule has 0 spiro atoms. The van der Waals surface area contributed by atoms with Gasteiger partial charge in [-0.05, 0) is 28.0 Å². The van der Waals surface area contributed by atoms with Crippen LogP contribution in [0.3, 0.4) is 0 Å². The predicted octanol–water partition coefficient (Wildman–Crippen LogP) is 3.72. The van der Waals surface area contributed by atoms with Crippen molar-refractivity contribution in [3.63, 3.8) is 0 Å². The van der Waals surface area contributed by atoms with Gasteiger partial charge in [0.1, 0.15) is 5.69 Å². The molecule has 1 heterocycles. The fraction of sp³-hybridized carbons (Fsp3) is 0.125. The monoisotopic (exact) mass is 383 g/mol. The van der Waals surface area contributed by atoms with Crippen molar-refractivity contribution in [1.29, 1.82) is 0 Å². The zero-order valence-corrected chi connectivity index (χ0v) is 16.2. The van der Waals surface area contributed by atoms with Gasteiger partial charge in [-0.3, -0.25) is 9.59 Å². The highest BCUT2D eigenvalue weighted by Crippen LogP contribution is 2.20. The summed E-state index contributed by atoms with van der Waals surface area (Å²) in [5, 5.41) is 6.57. The second-order valence-corrected chi connectivity index (χ2v) is 7.00. The van der Waals surface area contributed by atoms with Gasteiger partial charge in [-0.2, -0.15) is 5.10 Å². The van der Waals surface area contributed by atoms with Crippen LogP contribution in [0.4, 0.5) is 0 Å². The molecule has 5 nitrogen and oxygen atoms in total. The molecule has 29 heavy (non-hydrogen) atoms. The molecule has 0 aliphatic rings. The van der Waals surface area contributed by atoms with E-state index in [4.69, 9.17) is 0 Å². The third-order valence-corrected chi connectivity index (χ3v) is 4.90. The molecule has 0 atom stereocenters. The average molecular weight is 383 g/mol. The highest BCUT2D eigenvalue weighted by molar-refractivity contribution is 5.92. The van der Waals surface area contributed by atoms with E-state index in [0.29, 0.717) is 13.1 Å². The maximum Gasteiger partial charge on any atom is 0.274 e. The fourth-order valence-corrected chi connectivity index (χ4v) is 3.39. The summed E-state index contributed by atoms with van der Waals surface area (Å²) in [7, 11) is 1.75. The Bertz CT molecular complexity index is 1210. The lowest BCUT2D eigenvalue weighted by molar-refractivity contribution is 0.0777. The zero-order chi connectivity index (χ0) is 20.2. The normalized spacial score (nSPS) is 10.8. The van der Waals surface area contributed by atoms with E-state index in [9.17, 15) is 9.59 Å². The van der Waals surface area contributed by atoms with Gasteiger partial charge in [0.25, 0.3) is 11.5 Å². The van der Waals surface area contributed by atoms with Gasteiger partial charge in [-0.1, -0.05) is 72.8 Å². The van der Waals surface area contributed by atoms with Gasteiger partial charge in [-0.15, -0.1) is 0 Å². The summed E-state index contributed by atoms with van der Waals surface area (Å²) in [6.45, 7) is 0.785. The zero-order valence-electron chi connectivity index (χ0n) is 16.2. The molecule has 0 N–H and O–H groups in total. The van der Waals surface area contributed by atoms with Crippen LogP contribution in [0.15, 0.2) is 89.7 Å². The maximum atomic E-state index is 12.9. The molecule has 0 radical (unpaired) electrons. The Morgan fingerprint density at radius 1 is 0.897 bits per heavy atom. The number of carbonyl (C=O) groups is 1. The summed E-state index contributed by atoms with van der Waals surface area (Å²) in [6.07, 6.45) is 0. The van der Waals surface area contributed by atoms with Gasteiger partial charge in [0.15, 0.2) is 0 Å². The Morgan fingerprint density at radius 2 is 1.62 bits per heavy atom. The van der Waals surface area contributed by atoms with Crippen molar-refractivity contribution in [2.24, 2.45) is 0 Å². The SMILES string of the molecule is CN(Cc1cccc2ccccc12)C(=O)c1ccc(=O)n(Cc2ccccc2)n1. The molecule has 3 aromatic carbocycles. The van der Waals surface area contributed by atoms with Crippen molar-refractivity contribution in [3.05, 3.63) is 112 Å². The van der Waals surface area contributed by atoms with Crippen LogP contribution >= 0.6 is 0 Å². The number of hydrogen-bond donors (Lipinski definition) is 0.